The van der Waals surface area contributed by atoms with Crippen molar-refractivity contribution in [2.24, 2.45) is 0 Å². The lowest BCUT2D eigenvalue weighted by Crippen LogP contribution is -2.33. The minimum absolute atomic E-state index is 0.126. The lowest BCUT2D eigenvalue weighted by Gasteiger charge is -2.09. The number of thiophene rings is 1. The van der Waals surface area contributed by atoms with Crippen LogP contribution in [0.25, 0.3) is 10.7 Å². The summed E-state index contributed by atoms with van der Waals surface area (Å²) in [4.78, 5) is 16.3. The predicted octanol–water partition coefficient (Wildman–Crippen LogP) is 2.61. The summed E-state index contributed by atoms with van der Waals surface area (Å²) in [7, 11) is 0. The zero-order valence-corrected chi connectivity index (χ0v) is 12.5. The molecule has 1 unspecified atom stereocenters. The molecule has 124 valence electrons. The van der Waals surface area contributed by atoms with E-state index in [1.54, 1.807) is 12.1 Å². The molecular formula is C13H12F3N3O3S. The smallest absolute Gasteiger partial charge is 0.368 e. The Labute approximate surface area is 132 Å². The second-order valence-corrected chi connectivity index (χ2v) is 6.07. The SMILES string of the molecule is O=C(NCc1ccc(-c2noc(C(F)(F)F)n2)s1)C1CCCO1. The van der Waals surface area contributed by atoms with Crippen molar-refractivity contribution in [3.8, 4) is 10.7 Å². The van der Waals surface area contributed by atoms with E-state index in [-0.39, 0.29) is 18.3 Å². The zero-order valence-electron chi connectivity index (χ0n) is 11.7. The highest BCUT2D eigenvalue weighted by molar-refractivity contribution is 7.15. The molecule has 0 bridgehead atoms. The molecule has 3 rings (SSSR count). The minimum Gasteiger partial charge on any atom is -0.368 e. The summed E-state index contributed by atoms with van der Waals surface area (Å²) in [6.45, 7) is 0.855. The van der Waals surface area contributed by atoms with Gasteiger partial charge < -0.3 is 14.6 Å². The van der Waals surface area contributed by atoms with Gasteiger partial charge in [-0.05, 0) is 25.0 Å². The molecule has 23 heavy (non-hydrogen) atoms. The number of carbonyl (C=O) groups excluding carboxylic acids is 1. The molecule has 0 radical (unpaired) electrons. The Kier molecular flexibility index (Phi) is 4.35. The van der Waals surface area contributed by atoms with Crippen LogP contribution in [-0.4, -0.2) is 28.8 Å². The lowest BCUT2D eigenvalue weighted by atomic mass is 10.2. The van der Waals surface area contributed by atoms with Crippen LogP contribution in [-0.2, 0) is 22.3 Å². The van der Waals surface area contributed by atoms with E-state index in [0.717, 1.165) is 11.3 Å². The largest absolute Gasteiger partial charge is 0.471 e. The van der Waals surface area contributed by atoms with Gasteiger partial charge in [0.25, 0.3) is 0 Å². The third-order valence-electron chi connectivity index (χ3n) is 3.21. The quantitative estimate of drug-likeness (QED) is 0.920. The van der Waals surface area contributed by atoms with Crippen molar-refractivity contribution in [3.63, 3.8) is 0 Å². The fraction of sp³-hybridized carbons (Fsp3) is 0.462. The third kappa shape index (κ3) is 3.70. The molecule has 1 saturated heterocycles. The highest BCUT2D eigenvalue weighted by Gasteiger charge is 2.38. The number of rotatable bonds is 4. The Morgan fingerprint density at radius 1 is 1.43 bits per heavy atom. The number of aromatic nitrogens is 2. The Balaban J connectivity index is 1.61. The number of nitrogens with one attached hydrogen (secondary N) is 1. The first kappa shape index (κ1) is 15.9. The fourth-order valence-corrected chi connectivity index (χ4v) is 2.98. The fourth-order valence-electron chi connectivity index (χ4n) is 2.10. The van der Waals surface area contributed by atoms with Gasteiger partial charge in [-0.1, -0.05) is 5.16 Å². The van der Waals surface area contributed by atoms with E-state index in [2.05, 4.69) is 20.0 Å². The zero-order chi connectivity index (χ0) is 16.4. The summed E-state index contributed by atoms with van der Waals surface area (Å²) in [6, 6.07) is 3.28. The summed E-state index contributed by atoms with van der Waals surface area (Å²) in [5.41, 5.74) is 0. The van der Waals surface area contributed by atoms with Crippen molar-refractivity contribution in [2.75, 3.05) is 6.61 Å². The highest BCUT2D eigenvalue weighted by Crippen LogP contribution is 2.31. The van der Waals surface area contributed by atoms with Gasteiger partial charge in [0.15, 0.2) is 0 Å². The van der Waals surface area contributed by atoms with E-state index in [1.807, 2.05) is 0 Å². The molecule has 0 spiro atoms. The molecule has 1 atom stereocenters. The van der Waals surface area contributed by atoms with Gasteiger partial charge in [0.1, 0.15) is 6.10 Å². The maximum atomic E-state index is 12.4. The number of ether oxygens (including phenoxy) is 1. The molecule has 10 heteroatoms. The first-order valence-electron chi connectivity index (χ1n) is 6.83. The maximum absolute atomic E-state index is 12.4. The van der Waals surface area contributed by atoms with Gasteiger partial charge in [-0.15, -0.1) is 11.3 Å². The third-order valence-corrected chi connectivity index (χ3v) is 4.29. The lowest BCUT2D eigenvalue weighted by molar-refractivity contribution is -0.159. The van der Waals surface area contributed by atoms with Crippen molar-refractivity contribution in [1.82, 2.24) is 15.5 Å². The highest BCUT2D eigenvalue weighted by atomic mass is 32.1. The van der Waals surface area contributed by atoms with E-state index < -0.39 is 18.2 Å². The van der Waals surface area contributed by atoms with Crippen molar-refractivity contribution in [2.45, 2.75) is 31.7 Å². The molecule has 1 amide bonds. The number of hydrogen-bond acceptors (Lipinski definition) is 6. The summed E-state index contributed by atoms with van der Waals surface area (Å²) in [5, 5.41) is 6.06. The average molecular weight is 347 g/mol. The van der Waals surface area contributed by atoms with Crippen LogP contribution in [0.15, 0.2) is 16.7 Å². The van der Waals surface area contributed by atoms with Crippen LogP contribution in [0.3, 0.4) is 0 Å². The van der Waals surface area contributed by atoms with E-state index in [4.69, 9.17) is 4.74 Å². The standard InChI is InChI=1S/C13H12F3N3O3S/c14-13(15,16)12-18-10(19-22-12)9-4-3-7(23-9)6-17-11(20)8-2-1-5-21-8/h3-4,8H,1-2,5-6H2,(H,17,20). The number of nitrogens with zero attached hydrogens (tertiary/aromatic N) is 2. The second-order valence-electron chi connectivity index (χ2n) is 4.91. The number of hydrogen-bond donors (Lipinski definition) is 1. The molecule has 3 heterocycles. The molecule has 1 N–H and O–H groups in total. The van der Waals surface area contributed by atoms with Gasteiger partial charge in [0.2, 0.25) is 11.7 Å². The monoisotopic (exact) mass is 347 g/mol. The number of alkyl halides is 3. The summed E-state index contributed by atoms with van der Waals surface area (Å²) < 4.78 is 46.7. The van der Waals surface area contributed by atoms with Crippen LogP contribution in [0, 0.1) is 0 Å². The van der Waals surface area contributed by atoms with Crippen molar-refractivity contribution in [1.29, 1.82) is 0 Å². The van der Waals surface area contributed by atoms with Crippen LogP contribution >= 0.6 is 11.3 Å². The Hall–Kier alpha value is -1.94. The average Bonchev–Trinajstić information content (AvgIpc) is 3.22. The second kappa shape index (κ2) is 6.28. The van der Waals surface area contributed by atoms with Gasteiger partial charge in [-0.3, -0.25) is 4.79 Å². The molecule has 6 nitrogen and oxygen atoms in total. The topological polar surface area (TPSA) is 77.3 Å². The van der Waals surface area contributed by atoms with Crippen LogP contribution < -0.4 is 5.32 Å². The molecule has 1 aliphatic heterocycles. The van der Waals surface area contributed by atoms with E-state index in [1.165, 1.54) is 11.3 Å². The number of carbonyl (C=O) groups is 1. The first-order valence-corrected chi connectivity index (χ1v) is 7.64. The summed E-state index contributed by atoms with van der Waals surface area (Å²) >= 11 is 1.19. The van der Waals surface area contributed by atoms with Gasteiger partial charge in [-0.25, -0.2) is 0 Å². The Bertz CT molecular complexity index is 692. The molecule has 0 saturated carbocycles. The summed E-state index contributed by atoms with van der Waals surface area (Å²) in [5.74, 6) is -1.69. The normalized spacial score (nSPS) is 18.3. The van der Waals surface area contributed by atoms with E-state index in [0.29, 0.717) is 17.9 Å². The number of amides is 1. The van der Waals surface area contributed by atoms with Crippen LogP contribution in [0.4, 0.5) is 13.2 Å². The molecule has 2 aromatic rings. The van der Waals surface area contributed by atoms with E-state index >= 15 is 0 Å². The van der Waals surface area contributed by atoms with Crippen molar-refractivity contribution in [3.05, 3.63) is 22.9 Å². The molecule has 1 aliphatic rings. The van der Waals surface area contributed by atoms with Gasteiger partial charge in [0.05, 0.1) is 11.4 Å². The van der Waals surface area contributed by atoms with Crippen molar-refractivity contribution < 1.29 is 27.2 Å². The Morgan fingerprint density at radius 2 is 2.26 bits per heavy atom. The molecule has 2 aromatic heterocycles. The van der Waals surface area contributed by atoms with Crippen molar-refractivity contribution >= 4 is 17.2 Å². The first-order chi connectivity index (χ1) is 10.9. The van der Waals surface area contributed by atoms with Gasteiger partial charge in [-0.2, -0.15) is 18.2 Å². The number of halogens is 3. The van der Waals surface area contributed by atoms with Crippen LogP contribution in [0.2, 0.25) is 0 Å². The van der Waals surface area contributed by atoms with Crippen LogP contribution in [0.1, 0.15) is 23.6 Å². The Morgan fingerprint density at radius 3 is 2.91 bits per heavy atom. The van der Waals surface area contributed by atoms with Gasteiger partial charge in [0, 0.05) is 11.5 Å². The molecule has 0 aromatic carbocycles. The van der Waals surface area contributed by atoms with Gasteiger partial charge >= 0.3 is 12.1 Å². The molecular weight excluding hydrogens is 335 g/mol. The molecule has 0 aliphatic carbocycles. The molecule has 1 fully saturated rings. The van der Waals surface area contributed by atoms with Crippen LogP contribution in [0.5, 0.6) is 0 Å². The summed E-state index contributed by atoms with van der Waals surface area (Å²) in [6.07, 6.45) is -3.52. The minimum atomic E-state index is -4.67. The van der Waals surface area contributed by atoms with E-state index in [9.17, 15) is 18.0 Å². The maximum Gasteiger partial charge on any atom is 0.471 e. The predicted molar refractivity (Wildman–Crippen MR) is 73.4 cm³/mol.